The Morgan fingerprint density at radius 3 is 2.94 bits per heavy atom. The molecule has 0 radical (unpaired) electrons. The largest absolute Gasteiger partial charge is 0.508 e. The number of hydrogen-bond donors (Lipinski definition) is 1. The lowest BCUT2D eigenvalue weighted by molar-refractivity contribution is 0.429. The molecule has 2 aromatic rings. The molecule has 0 bridgehead atoms. The summed E-state index contributed by atoms with van der Waals surface area (Å²) in [6.45, 7) is 2.81. The van der Waals surface area contributed by atoms with Gasteiger partial charge in [0.25, 0.3) is 11.8 Å². The minimum atomic E-state index is 0.182. The summed E-state index contributed by atoms with van der Waals surface area (Å²) in [4.78, 5) is 6.10. The summed E-state index contributed by atoms with van der Waals surface area (Å²) >= 11 is 0. The Morgan fingerprint density at radius 2 is 2.25 bits per heavy atom. The predicted molar refractivity (Wildman–Crippen MR) is 60.3 cm³/mol. The summed E-state index contributed by atoms with van der Waals surface area (Å²) in [6, 6.07) is 6.73. The van der Waals surface area contributed by atoms with Gasteiger partial charge in [0, 0.05) is 19.2 Å². The maximum atomic E-state index is 9.34. The molecule has 0 atom stereocenters. The van der Waals surface area contributed by atoms with Crippen LogP contribution in [0.1, 0.15) is 6.92 Å². The minimum Gasteiger partial charge on any atom is -0.508 e. The number of rotatable bonds is 3. The van der Waals surface area contributed by atoms with E-state index in [2.05, 4.69) is 10.1 Å². The van der Waals surface area contributed by atoms with Gasteiger partial charge in [-0.2, -0.15) is 4.98 Å². The number of phenolic OH excluding ortho intramolecular Hbond substituents is 1. The Kier molecular flexibility index (Phi) is 2.76. The molecule has 5 heteroatoms. The molecule has 16 heavy (non-hydrogen) atoms. The summed E-state index contributed by atoms with van der Waals surface area (Å²) < 4.78 is 5.11. The van der Waals surface area contributed by atoms with Crippen molar-refractivity contribution in [1.82, 2.24) is 10.1 Å². The van der Waals surface area contributed by atoms with Crippen LogP contribution >= 0.6 is 0 Å². The molecule has 1 heterocycles. The normalized spacial score (nSPS) is 10.4. The van der Waals surface area contributed by atoms with E-state index < -0.39 is 0 Å². The van der Waals surface area contributed by atoms with E-state index >= 15 is 0 Å². The van der Waals surface area contributed by atoms with Crippen molar-refractivity contribution in [2.45, 2.75) is 6.92 Å². The zero-order chi connectivity index (χ0) is 11.5. The highest BCUT2D eigenvalue weighted by Crippen LogP contribution is 2.22. The van der Waals surface area contributed by atoms with E-state index in [0.29, 0.717) is 17.4 Å². The zero-order valence-corrected chi connectivity index (χ0v) is 9.21. The molecule has 0 aliphatic carbocycles. The highest BCUT2D eigenvalue weighted by atomic mass is 16.5. The van der Waals surface area contributed by atoms with Gasteiger partial charge in [0.15, 0.2) is 0 Å². The van der Waals surface area contributed by atoms with Gasteiger partial charge in [-0.05, 0) is 30.3 Å². The fourth-order valence-corrected chi connectivity index (χ4v) is 1.27. The third-order valence-electron chi connectivity index (χ3n) is 2.32. The van der Waals surface area contributed by atoms with Crippen LogP contribution in [-0.4, -0.2) is 28.8 Å². The van der Waals surface area contributed by atoms with E-state index in [-0.39, 0.29) is 5.75 Å². The highest BCUT2D eigenvalue weighted by Gasteiger charge is 2.11. The monoisotopic (exact) mass is 219 g/mol. The molecule has 84 valence electrons. The summed E-state index contributed by atoms with van der Waals surface area (Å²) in [5.41, 5.74) is 0.711. The predicted octanol–water partition coefficient (Wildman–Crippen LogP) is 1.90. The van der Waals surface area contributed by atoms with Crippen LogP contribution < -0.4 is 4.90 Å². The van der Waals surface area contributed by atoms with Gasteiger partial charge in [-0.25, -0.2) is 0 Å². The molecular formula is C11H13N3O2. The third kappa shape index (κ3) is 1.98. The smallest absolute Gasteiger partial charge is 0.266 e. The topological polar surface area (TPSA) is 62.4 Å². The van der Waals surface area contributed by atoms with Gasteiger partial charge in [0.2, 0.25) is 0 Å². The summed E-state index contributed by atoms with van der Waals surface area (Å²) in [6.07, 6.45) is 0. The molecule has 0 saturated heterocycles. The SMILES string of the molecule is CCN(C)c1noc(-c2cccc(O)c2)n1. The second kappa shape index (κ2) is 4.22. The molecule has 1 N–H and O–H groups in total. The van der Waals surface area contributed by atoms with Crippen LogP contribution in [0.25, 0.3) is 11.5 Å². The minimum absolute atomic E-state index is 0.182. The van der Waals surface area contributed by atoms with E-state index in [9.17, 15) is 5.11 Å². The second-order valence-corrected chi connectivity index (χ2v) is 3.46. The van der Waals surface area contributed by atoms with Crippen molar-refractivity contribution in [2.24, 2.45) is 0 Å². The van der Waals surface area contributed by atoms with Crippen LogP contribution in [0.4, 0.5) is 5.95 Å². The molecule has 0 spiro atoms. The number of benzene rings is 1. The summed E-state index contributed by atoms with van der Waals surface area (Å²) in [7, 11) is 1.89. The van der Waals surface area contributed by atoms with Crippen LogP contribution in [0.2, 0.25) is 0 Å². The van der Waals surface area contributed by atoms with Gasteiger partial charge >= 0.3 is 0 Å². The Hall–Kier alpha value is -2.04. The van der Waals surface area contributed by atoms with Crippen molar-refractivity contribution in [3.63, 3.8) is 0 Å². The summed E-state index contributed by atoms with van der Waals surface area (Å²) in [5, 5.41) is 13.2. The maximum absolute atomic E-state index is 9.34. The van der Waals surface area contributed by atoms with E-state index in [1.165, 1.54) is 0 Å². The van der Waals surface area contributed by atoms with Crippen molar-refractivity contribution in [3.8, 4) is 17.2 Å². The Balaban J connectivity index is 2.31. The quantitative estimate of drug-likeness (QED) is 0.854. The van der Waals surface area contributed by atoms with E-state index in [1.54, 1.807) is 18.2 Å². The number of anilines is 1. The Morgan fingerprint density at radius 1 is 1.44 bits per heavy atom. The molecule has 0 aliphatic rings. The first-order chi connectivity index (χ1) is 7.70. The molecule has 2 rings (SSSR count). The lowest BCUT2D eigenvalue weighted by Gasteiger charge is -2.08. The highest BCUT2D eigenvalue weighted by molar-refractivity contribution is 5.56. The number of nitrogens with zero attached hydrogens (tertiary/aromatic N) is 3. The molecule has 0 unspecified atom stereocenters. The van der Waals surface area contributed by atoms with Gasteiger partial charge in [0.1, 0.15) is 5.75 Å². The number of hydrogen-bond acceptors (Lipinski definition) is 5. The molecular weight excluding hydrogens is 206 g/mol. The average molecular weight is 219 g/mol. The first-order valence-corrected chi connectivity index (χ1v) is 5.05. The molecule has 0 amide bonds. The Labute approximate surface area is 93.3 Å². The third-order valence-corrected chi connectivity index (χ3v) is 2.32. The molecule has 1 aromatic carbocycles. The number of aromatic hydroxyl groups is 1. The van der Waals surface area contributed by atoms with Crippen LogP contribution in [0.15, 0.2) is 28.8 Å². The number of phenols is 1. The maximum Gasteiger partial charge on any atom is 0.266 e. The first-order valence-electron chi connectivity index (χ1n) is 5.05. The standard InChI is InChI=1S/C11H13N3O2/c1-3-14(2)11-12-10(16-13-11)8-5-4-6-9(15)7-8/h4-7,15H,3H2,1-2H3. The van der Waals surface area contributed by atoms with Crippen molar-refractivity contribution < 1.29 is 9.63 Å². The van der Waals surface area contributed by atoms with Crippen molar-refractivity contribution in [1.29, 1.82) is 0 Å². The van der Waals surface area contributed by atoms with E-state index in [4.69, 9.17) is 4.52 Å². The second-order valence-electron chi connectivity index (χ2n) is 3.46. The van der Waals surface area contributed by atoms with Gasteiger partial charge in [-0.1, -0.05) is 6.07 Å². The van der Waals surface area contributed by atoms with Crippen molar-refractivity contribution in [3.05, 3.63) is 24.3 Å². The lowest BCUT2D eigenvalue weighted by Crippen LogP contribution is -2.16. The van der Waals surface area contributed by atoms with Crippen molar-refractivity contribution in [2.75, 3.05) is 18.5 Å². The van der Waals surface area contributed by atoms with Gasteiger partial charge < -0.3 is 14.5 Å². The van der Waals surface area contributed by atoms with Gasteiger partial charge in [0.05, 0.1) is 0 Å². The fourth-order valence-electron chi connectivity index (χ4n) is 1.27. The molecule has 0 aliphatic heterocycles. The van der Waals surface area contributed by atoms with Crippen LogP contribution in [-0.2, 0) is 0 Å². The zero-order valence-electron chi connectivity index (χ0n) is 9.21. The van der Waals surface area contributed by atoms with Crippen LogP contribution in [0, 0.1) is 0 Å². The van der Waals surface area contributed by atoms with E-state index in [1.807, 2.05) is 24.9 Å². The molecule has 1 aromatic heterocycles. The van der Waals surface area contributed by atoms with Crippen molar-refractivity contribution >= 4 is 5.95 Å². The first kappa shape index (κ1) is 10.5. The van der Waals surface area contributed by atoms with E-state index in [0.717, 1.165) is 6.54 Å². The Bertz CT molecular complexity index is 482. The molecule has 0 saturated carbocycles. The lowest BCUT2D eigenvalue weighted by atomic mass is 10.2. The van der Waals surface area contributed by atoms with Crippen LogP contribution in [0.5, 0.6) is 5.75 Å². The van der Waals surface area contributed by atoms with Crippen LogP contribution in [0.3, 0.4) is 0 Å². The summed E-state index contributed by atoms with van der Waals surface area (Å²) in [5.74, 6) is 1.13. The molecule has 0 fully saturated rings. The van der Waals surface area contributed by atoms with Gasteiger partial charge in [-0.15, -0.1) is 0 Å². The average Bonchev–Trinajstić information content (AvgIpc) is 2.77. The van der Waals surface area contributed by atoms with Gasteiger partial charge in [-0.3, -0.25) is 0 Å². The molecule has 5 nitrogen and oxygen atoms in total. The fraction of sp³-hybridized carbons (Fsp3) is 0.273. The number of aromatic nitrogens is 2.